The molecular weight excluding hydrogens is 324 g/mol. The van der Waals surface area contributed by atoms with Crippen molar-refractivity contribution >= 4 is 23.5 Å². The first kappa shape index (κ1) is 17.1. The molecule has 4 nitrogen and oxygen atoms in total. The Morgan fingerprint density at radius 1 is 0.692 bits per heavy atom. The Morgan fingerprint density at radius 2 is 1.35 bits per heavy atom. The number of ether oxygens (including phenoxy) is 2. The first-order valence-corrected chi connectivity index (χ1v) is 9.43. The first-order valence-electron chi connectivity index (χ1n) is 9.43. The average Bonchev–Trinajstić information content (AvgIpc) is 2.74. The van der Waals surface area contributed by atoms with Crippen molar-refractivity contribution in [2.75, 3.05) is 62.4 Å². The predicted molar refractivity (Wildman–Crippen MR) is 108 cm³/mol. The molecule has 2 aromatic carbocycles. The summed E-state index contributed by atoms with van der Waals surface area (Å²) in [5, 5.41) is 0. The summed E-state index contributed by atoms with van der Waals surface area (Å²) in [6.07, 6.45) is 4.41. The van der Waals surface area contributed by atoms with Gasteiger partial charge in [0.1, 0.15) is 0 Å². The van der Waals surface area contributed by atoms with Crippen molar-refractivity contribution in [1.29, 1.82) is 0 Å². The molecule has 2 aromatic rings. The molecule has 136 valence electrons. The van der Waals surface area contributed by atoms with Gasteiger partial charge in [-0.05, 0) is 23.3 Å². The zero-order valence-electron chi connectivity index (χ0n) is 15.1. The third kappa shape index (κ3) is 4.09. The fourth-order valence-electron chi connectivity index (χ4n) is 3.52. The minimum Gasteiger partial charge on any atom is -0.378 e. The molecule has 0 N–H and O–H groups in total. The van der Waals surface area contributed by atoms with Crippen LogP contribution in [-0.2, 0) is 9.47 Å². The fourth-order valence-corrected chi connectivity index (χ4v) is 3.52. The Balaban J connectivity index is 1.64. The van der Waals surface area contributed by atoms with E-state index >= 15 is 0 Å². The third-order valence-electron chi connectivity index (χ3n) is 5.00. The van der Waals surface area contributed by atoms with E-state index in [0.29, 0.717) is 0 Å². The monoisotopic (exact) mass is 350 g/mol. The number of anilines is 2. The van der Waals surface area contributed by atoms with Gasteiger partial charge in [0.25, 0.3) is 0 Å². The summed E-state index contributed by atoms with van der Waals surface area (Å²) in [6, 6.07) is 17.3. The highest BCUT2D eigenvalue weighted by Gasteiger charge is 2.17. The van der Waals surface area contributed by atoms with Crippen LogP contribution in [0.2, 0.25) is 0 Å². The number of nitrogens with zero attached hydrogens (tertiary/aromatic N) is 2. The predicted octanol–water partition coefficient (Wildman–Crippen LogP) is 3.53. The molecule has 2 aliphatic rings. The van der Waals surface area contributed by atoms with Crippen LogP contribution in [0.15, 0.2) is 48.5 Å². The van der Waals surface area contributed by atoms with E-state index < -0.39 is 0 Å². The highest BCUT2D eigenvalue weighted by atomic mass is 16.5. The Bertz CT molecular complexity index is 733. The van der Waals surface area contributed by atoms with Crippen molar-refractivity contribution in [3.05, 3.63) is 59.7 Å². The lowest BCUT2D eigenvalue weighted by molar-refractivity contribution is 0.122. The van der Waals surface area contributed by atoms with Crippen LogP contribution in [0.25, 0.3) is 12.2 Å². The molecule has 4 heteroatoms. The first-order chi connectivity index (χ1) is 12.9. The molecule has 0 atom stereocenters. The molecule has 2 heterocycles. The summed E-state index contributed by atoms with van der Waals surface area (Å²) in [5.41, 5.74) is 5.06. The van der Waals surface area contributed by atoms with Crippen LogP contribution in [0.3, 0.4) is 0 Å². The van der Waals surface area contributed by atoms with Gasteiger partial charge in [-0.15, -0.1) is 0 Å². The number of hydrogen-bond acceptors (Lipinski definition) is 4. The van der Waals surface area contributed by atoms with Gasteiger partial charge in [-0.25, -0.2) is 0 Å². The van der Waals surface area contributed by atoms with E-state index in [1.165, 1.54) is 22.5 Å². The molecule has 0 amide bonds. The van der Waals surface area contributed by atoms with Crippen molar-refractivity contribution in [3.63, 3.8) is 0 Å². The van der Waals surface area contributed by atoms with Gasteiger partial charge in [0.05, 0.1) is 26.4 Å². The van der Waals surface area contributed by atoms with Crippen LogP contribution < -0.4 is 9.80 Å². The Morgan fingerprint density at radius 3 is 2.04 bits per heavy atom. The van der Waals surface area contributed by atoms with Crippen molar-refractivity contribution in [3.8, 4) is 0 Å². The van der Waals surface area contributed by atoms with E-state index in [1.54, 1.807) is 0 Å². The Labute approximate surface area is 155 Å². The summed E-state index contributed by atoms with van der Waals surface area (Å²) in [5.74, 6) is 0. The summed E-state index contributed by atoms with van der Waals surface area (Å²) in [7, 11) is 0. The second-order valence-corrected chi connectivity index (χ2v) is 6.69. The van der Waals surface area contributed by atoms with Gasteiger partial charge >= 0.3 is 0 Å². The maximum Gasteiger partial charge on any atom is 0.0642 e. The lowest BCUT2D eigenvalue weighted by Crippen LogP contribution is -2.38. The zero-order chi connectivity index (χ0) is 17.6. The van der Waals surface area contributed by atoms with Gasteiger partial charge in [-0.3, -0.25) is 0 Å². The average molecular weight is 350 g/mol. The lowest BCUT2D eigenvalue weighted by atomic mass is 10.1. The second kappa shape index (κ2) is 8.39. The van der Waals surface area contributed by atoms with E-state index in [4.69, 9.17) is 9.47 Å². The number of morpholine rings is 2. The topological polar surface area (TPSA) is 24.9 Å². The Kier molecular flexibility index (Phi) is 5.53. The van der Waals surface area contributed by atoms with Gasteiger partial charge in [0.2, 0.25) is 0 Å². The second-order valence-electron chi connectivity index (χ2n) is 6.69. The molecule has 2 fully saturated rings. The number of hydrogen-bond donors (Lipinski definition) is 0. The highest BCUT2D eigenvalue weighted by molar-refractivity contribution is 5.79. The highest BCUT2D eigenvalue weighted by Crippen LogP contribution is 2.30. The normalized spacial score (nSPS) is 18.5. The van der Waals surface area contributed by atoms with E-state index in [0.717, 1.165) is 52.6 Å². The van der Waals surface area contributed by atoms with Crippen molar-refractivity contribution in [1.82, 2.24) is 0 Å². The third-order valence-corrected chi connectivity index (χ3v) is 5.00. The summed E-state index contributed by atoms with van der Waals surface area (Å²) >= 11 is 0. The molecule has 4 rings (SSSR count). The molecule has 0 unspecified atom stereocenters. The van der Waals surface area contributed by atoms with Crippen LogP contribution in [0.5, 0.6) is 0 Å². The largest absolute Gasteiger partial charge is 0.378 e. The summed E-state index contributed by atoms with van der Waals surface area (Å²) in [6.45, 7) is 7.01. The maximum atomic E-state index is 5.55. The minimum absolute atomic E-state index is 0.795. The molecule has 2 aliphatic heterocycles. The van der Waals surface area contributed by atoms with Crippen molar-refractivity contribution in [2.24, 2.45) is 0 Å². The molecule has 0 bridgehead atoms. The standard InChI is InChI=1S/C22H26N2O2/c1-2-4-19(5-3-1)6-7-20-8-9-21(23-10-14-25-15-11-23)18-22(20)24-12-16-26-17-13-24/h1-9,18H,10-17H2/b7-6+. The minimum atomic E-state index is 0.795. The molecule has 2 saturated heterocycles. The number of rotatable bonds is 4. The van der Waals surface area contributed by atoms with Crippen LogP contribution in [0.4, 0.5) is 11.4 Å². The van der Waals surface area contributed by atoms with E-state index in [1.807, 2.05) is 6.07 Å². The van der Waals surface area contributed by atoms with Gasteiger partial charge in [-0.1, -0.05) is 48.6 Å². The molecular formula is C22H26N2O2. The van der Waals surface area contributed by atoms with Gasteiger partial charge in [0, 0.05) is 37.6 Å². The molecule has 0 aliphatic carbocycles. The molecule has 0 spiro atoms. The molecule has 0 radical (unpaired) electrons. The van der Waals surface area contributed by atoms with E-state index in [2.05, 4.69) is 64.4 Å². The van der Waals surface area contributed by atoms with Crippen LogP contribution in [0.1, 0.15) is 11.1 Å². The molecule has 0 saturated carbocycles. The van der Waals surface area contributed by atoms with Gasteiger partial charge in [0.15, 0.2) is 0 Å². The SMILES string of the molecule is C(=C\c1ccc(N2CCOCC2)cc1N1CCOCC1)/c1ccccc1. The summed E-state index contributed by atoms with van der Waals surface area (Å²) < 4.78 is 11.0. The molecule has 0 aromatic heterocycles. The zero-order valence-corrected chi connectivity index (χ0v) is 15.1. The molecule has 26 heavy (non-hydrogen) atoms. The van der Waals surface area contributed by atoms with Gasteiger partial charge < -0.3 is 19.3 Å². The van der Waals surface area contributed by atoms with Crippen molar-refractivity contribution in [2.45, 2.75) is 0 Å². The maximum absolute atomic E-state index is 5.55. The van der Waals surface area contributed by atoms with Crippen LogP contribution in [-0.4, -0.2) is 52.6 Å². The van der Waals surface area contributed by atoms with Crippen molar-refractivity contribution < 1.29 is 9.47 Å². The summed E-state index contributed by atoms with van der Waals surface area (Å²) in [4.78, 5) is 4.86. The van der Waals surface area contributed by atoms with E-state index in [-0.39, 0.29) is 0 Å². The van der Waals surface area contributed by atoms with E-state index in [9.17, 15) is 0 Å². The number of benzene rings is 2. The quantitative estimate of drug-likeness (QED) is 0.788. The lowest BCUT2D eigenvalue weighted by Gasteiger charge is -2.33. The van der Waals surface area contributed by atoms with Gasteiger partial charge in [-0.2, -0.15) is 0 Å². The van der Waals surface area contributed by atoms with Crippen LogP contribution >= 0.6 is 0 Å². The van der Waals surface area contributed by atoms with Crippen LogP contribution in [0, 0.1) is 0 Å². The fraction of sp³-hybridized carbons (Fsp3) is 0.364. The Hall–Kier alpha value is -2.30. The smallest absolute Gasteiger partial charge is 0.0642 e.